The van der Waals surface area contributed by atoms with E-state index in [0.29, 0.717) is 11.8 Å². The fraction of sp³-hybridized carbons (Fsp3) is 0.400. The minimum atomic E-state index is -0.455. The number of hydrogen-bond donors (Lipinski definition) is 1. The highest BCUT2D eigenvalue weighted by molar-refractivity contribution is 5.37. The highest BCUT2D eigenvalue weighted by atomic mass is 19.1. The second-order valence-electron chi connectivity index (χ2n) is 6.08. The summed E-state index contributed by atoms with van der Waals surface area (Å²) in [5, 5.41) is 3.45. The highest BCUT2D eigenvalue weighted by Gasteiger charge is 2.26. The van der Waals surface area contributed by atoms with Gasteiger partial charge in [-0.1, -0.05) is 42.5 Å². The number of rotatable bonds is 6. The van der Waals surface area contributed by atoms with Gasteiger partial charge in [0, 0.05) is 5.92 Å². The molecule has 2 aromatic rings. The summed E-state index contributed by atoms with van der Waals surface area (Å²) in [4.78, 5) is 0. The maximum Gasteiger partial charge on any atom is 0.123 e. The molecule has 1 N–H and O–H groups in total. The first-order valence-corrected chi connectivity index (χ1v) is 8.43. The van der Waals surface area contributed by atoms with Crippen LogP contribution >= 0.6 is 0 Å². The smallest absolute Gasteiger partial charge is 0.123 e. The lowest BCUT2D eigenvalue weighted by Gasteiger charge is -2.31. The summed E-state index contributed by atoms with van der Waals surface area (Å²) >= 11 is 0. The van der Waals surface area contributed by atoms with Gasteiger partial charge in [0.15, 0.2) is 0 Å². The zero-order chi connectivity index (χ0) is 15.9. The number of nitrogens with one attached hydrogen (secondary N) is 1. The molecule has 0 unspecified atom stereocenters. The molecule has 3 heteroatoms. The van der Waals surface area contributed by atoms with Crippen molar-refractivity contribution >= 4 is 0 Å². The van der Waals surface area contributed by atoms with E-state index in [-0.39, 0.29) is 6.61 Å². The van der Waals surface area contributed by atoms with Gasteiger partial charge in [0.1, 0.15) is 19.0 Å². The first-order valence-electron chi connectivity index (χ1n) is 8.43. The molecule has 3 rings (SSSR count). The molecule has 0 aromatic heterocycles. The molecule has 1 aliphatic rings. The van der Waals surface area contributed by atoms with Gasteiger partial charge in [-0.25, -0.2) is 4.39 Å². The van der Waals surface area contributed by atoms with E-state index >= 15 is 0 Å². The molecule has 122 valence electrons. The van der Waals surface area contributed by atoms with Gasteiger partial charge in [0.25, 0.3) is 0 Å². The molecular weight excluding hydrogens is 289 g/mol. The van der Waals surface area contributed by atoms with Crippen molar-refractivity contribution in [2.45, 2.75) is 18.8 Å². The Balaban J connectivity index is 1.85. The van der Waals surface area contributed by atoms with Crippen LogP contribution in [0.1, 0.15) is 29.9 Å². The topological polar surface area (TPSA) is 21.3 Å². The van der Waals surface area contributed by atoms with Crippen molar-refractivity contribution in [3.63, 3.8) is 0 Å². The third-order valence-electron chi connectivity index (χ3n) is 4.60. The number of benzene rings is 2. The lowest BCUT2D eigenvalue weighted by atomic mass is 9.76. The minimum absolute atomic E-state index is 0.121. The molecule has 2 nitrogen and oxygen atoms in total. The van der Waals surface area contributed by atoms with Crippen LogP contribution in [0, 0.1) is 5.92 Å². The Bertz CT molecular complexity index is 578. The predicted molar refractivity (Wildman–Crippen MR) is 91.8 cm³/mol. The first-order chi connectivity index (χ1) is 11.4. The summed E-state index contributed by atoms with van der Waals surface area (Å²) in [6, 6.07) is 18.9. The molecule has 0 saturated carbocycles. The van der Waals surface area contributed by atoms with Crippen molar-refractivity contribution in [1.82, 2.24) is 5.32 Å². The van der Waals surface area contributed by atoms with Crippen LogP contribution in [-0.2, 0) is 0 Å². The number of hydrogen-bond acceptors (Lipinski definition) is 2. The average Bonchev–Trinajstić information content (AvgIpc) is 2.63. The third kappa shape index (κ3) is 4.11. The number of piperidine rings is 1. The average molecular weight is 313 g/mol. The molecule has 0 radical (unpaired) electrons. The Morgan fingerprint density at radius 2 is 1.61 bits per heavy atom. The molecule has 1 aliphatic heterocycles. The largest absolute Gasteiger partial charge is 0.491 e. The lowest BCUT2D eigenvalue weighted by Crippen LogP contribution is -2.31. The van der Waals surface area contributed by atoms with Crippen molar-refractivity contribution in [3.8, 4) is 5.75 Å². The van der Waals surface area contributed by atoms with Gasteiger partial charge in [-0.15, -0.1) is 0 Å². The van der Waals surface area contributed by atoms with E-state index in [1.54, 1.807) is 0 Å². The predicted octanol–water partition coefficient (Wildman–Crippen LogP) is 4.17. The van der Waals surface area contributed by atoms with E-state index in [4.69, 9.17) is 4.74 Å². The molecule has 1 heterocycles. The van der Waals surface area contributed by atoms with E-state index in [1.165, 1.54) is 24.0 Å². The molecule has 0 aliphatic carbocycles. The number of halogens is 1. The van der Waals surface area contributed by atoms with Crippen molar-refractivity contribution in [2.24, 2.45) is 5.92 Å². The van der Waals surface area contributed by atoms with Gasteiger partial charge in [-0.2, -0.15) is 0 Å². The minimum Gasteiger partial charge on any atom is -0.491 e. The Hall–Kier alpha value is -1.87. The first kappa shape index (κ1) is 16.0. The van der Waals surface area contributed by atoms with Gasteiger partial charge in [-0.05, 0) is 55.1 Å². The Labute approximate surface area is 137 Å². The van der Waals surface area contributed by atoms with Gasteiger partial charge < -0.3 is 10.1 Å². The van der Waals surface area contributed by atoms with Gasteiger partial charge in [0.2, 0.25) is 0 Å². The van der Waals surface area contributed by atoms with Crippen molar-refractivity contribution in [3.05, 3.63) is 65.7 Å². The van der Waals surface area contributed by atoms with Gasteiger partial charge >= 0.3 is 0 Å². The van der Waals surface area contributed by atoms with Crippen LogP contribution in [0.2, 0.25) is 0 Å². The quantitative estimate of drug-likeness (QED) is 0.864. The second-order valence-corrected chi connectivity index (χ2v) is 6.08. The summed E-state index contributed by atoms with van der Waals surface area (Å²) in [6.45, 7) is 1.84. The van der Waals surface area contributed by atoms with Crippen LogP contribution in [0.25, 0.3) is 0 Å². The molecule has 23 heavy (non-hydrogen) atoms. The fourth-order valence-corrected chi connectivity index (χ4v) is 3.50. The third-order valence-corrected chi connectivity index (χ3v) is 4.60. The van der Waals surface area contributed by atoms with Crippen molar-refractivity contribution in [1.29, 1.82) is 0 Å². The van der Waals surface area contributed by atoms with Gasteiger partial charge in [0.05, 0.1) is 0 Å². The molecular formula is C20H24FNO. The molecule has 0 spiro atoms. The zero-order valence-electron chi connectivity index (χ0n) is 13.4. The normalized spacial score (nSPS) is 16.9. The molecule has 0 amide bonds. The standard InChI is InChI=1S/C20H24FNO/c21-12-15-23-19-8-6-17(7-9-19)20(16-4-2-1-3-5-16)18-10-13-22-14-11-18/h1-9,18,20,22H,10-15H2/t20-/m0/s1. The van der Waals surface area contributed by atoms with Crippen LogP contribution in [0.15, 0.2) is 54.6 Å². The van der Waals surface area contributed by atoms with E-state index in [1.807, 2.05) is 12.1 Å². The van der Waals surface area contributed by atoms with Crippen molar-refractivity contribution in [2.75, 3.05) is 26.4 Å². The molecule has 0 bridgehead atoms. The van der Waals surface area contributed by atoms with E-state index < -0.39 is 6.67 Å². The molecule has 1 saturated heterocycles. The highest BCUT2D eigenvalue weighted by Crippen LogP contribution is 2.37. The zero-order valence-corrected chi connectivity index (χ0v) is 13.4. The lowest BCUT2D eigenvalue weighted by molar-refractivity contribution is 0.273. The summed E-state index contributed by atoms with van der Waals surface area (Å²) < 4.78 is 17.6. The van der Waals surface area contributed by atoms with Crippen LogP contribution in [-0.4, -0.2) is 26.4 Å². The SMILES string of the molecule is FCCOc1ccc([C@H](c2ccccc2)C2CCNCC2)cc1. The fourth-order valence-electron chi connectivity index (χ4n) is 3.50. The Morgan fingerprint density at radius 3 is 2.26 bits per heavy atom. The summed E-state index contributed by atoms with van der Waals surface area (Å²) in [5.74, 6) is 1.80. The number of ether oxygens (including phenoxy) is 1. The Morgan fingerprint density at radius 1 is 0.957 bits per heavy atom. The van der Waals surface area contributed by atoms with E-state index in [9.17, 15) is 4.39 Å². The summed E-state index contributed by atoms with van der Waals surface area (Å²) in [6.07, 6.45) is 2.39. The maximum absolute atomic E-state index is 12.2. The van der Waals surface area contributed by atoms with Crippen molar-refractivity contribution < 1.29 is 9.13 Å². The second kappa shape index (κ2) is 8.11. The van der Waals surface area contributed by atoms with Gasteiger partial charge in [-0.3, -0.25) is 0 Å². The van der Waals surface area contributed by atoms with Crippen LogP contribution in [0.3, 0.4) is 0 Å². The Kier molecular flexibility index (Phi) is 5.65. The van der Waals surface area contributed by atoms with Crippen LogP contribution in [0.5, 0.6) is 5.75 Å². The monoisotopic (exact) mass is 313 g/mol. The number of alkyl halides is 1. The van der Waals surface area contributed by atoms with E-state index in [2.05, 4.69) is 47.8 Å². The molecule has 2 aromatic carbocycles. The van der Waals surface area contributed by atoms with Crippen LogP contribution < -0.4 is 10.1 Å². The van der Waals surface area contributed by atoms with E-state index in [0.717, 1.165) is 18.8 Å². The summed E-state index contributed by atoms with van der Waals surface area (Å²) in [5.41, 5.74) is 2.69. The summed E-state index contributed by atoms with van der Waals surface area (Å²) in [7, 11) is 0. The molecule has 1 fully saturated rings. The van der Waals surface area contributed by atoms with Crippen LogP contribution in [0.4, 0.5) is 4.39 Å². The molecule has 1 atom stereocenters. The maximum atomic E-state index is 12.2.